The highest BCUT2D eigenvalue weighted by Crippen LogP contribution is 2.02. The van der Waals surface area contributed by atoms with Crippen LogP contribution in [0.2, 0.25) is 0 Å². The van der Waals surface area contributed by atoms with Crippen molar-refractivity contribution in [2.24, 2.45) is 0 Å². The zero-order valence-electron chi connectivity index (χ0n) is 11.8. The summed E-state index contributed by atoms with van der Waals surface area (Å²) in [5.74, 6) is -1.19. The molecule has 0 saturated carbocycles. The zero-order valence-corrected chi connectivity index (χ0v) is 11.8. The summed E-state index contributed by atoms with van der Waals surface area (Å²) in [6.45, 7) is 2.37. The number of carboxylic acid groups (broad SMARTS) is 1. The number of rotatable bonds is 6. The number of carbonyl (C=O) groups is 2. The lowest BCUT2D eigenvalue weighted by Gasteiger charge is -2.22. The Morgan fingerprint density at radius 3 is 1.57 bits per heavy atom. The molecular weight excluding hydrogens is 292 g/mol. The van der Waals surface area contributed by atoms with Crippen LogP contribution in [0, 0.1) is 0 Å². The Morgan fingerprint density at radius 2 is 1.38 bits per heavy atom. The van der Waals surface area contributed by atoms with E-state index in [1.54, 1.807) is 6.92 Å². The molecule has 0 aliphatic rings. The first-order valence-corrected chi connectivity index (χ1v) is 5.90. The van der Waals surface area contributed by atoms with Crippen molar-refractivity contribution in [2.75, 3.05) is 13.2 Å². The van der Waals surface area contributed by atoms with Gasteiger partial charge in [0.2, 0.25) is 0 Å². The standard InChI is InChI=1S/C6H12O6.C3H6O3.C2H6O/c7-1-3(9)5(11)6(12)4(10)2-8;1-2(4)3(5)6;1-2-3/h1,3-6,8-12H,2H2;2,4H,1H3,(H,5,6);3H,2H2,1H3/t3-,4+,5+,6+;;/m0../s1. The van der Waals surface area contributed by atoms with Crippen LogP contribution in [0.1, 0.15) is 13.8 Å². The van der Waals surface area contributed by atoms with Gasteiger partial charge in [0.05, 0.1) is 6.61 Å². The number of hydrogen-bond acceptors (Lipinski definition) is 9. The number of carboxylic acids is 1. The fraction of sp³-hybridized carbons (Fsp3) is 0.818. The molecule has 8 N–H and O–H groups in total. The van der Waals surface area contributed by atoms with Crippen molar-refractivity contribution in [3.63, 3.8) is 0 Å². The predicted molar refractivity (Wildman–Crippen MR) is 69.3 cm³/mol. The molecule has 0 rings (SSSR count). The molecule has 21 heavy (non-hydrogen) atoms. The molecule has 10 nitrogen and oxygen atoms in total. The highest BCUT2D eigenvalue weighted by molar-refractivity contribution is 5.71. The second-order valence-corrected chi connectivity index (χ2v) is 3.69. The second-order valence-electron chi connectivity index (χ2n) is 3.69. The van der Waals surface area contributed by atoms with Gasteiger partial charge in [-0.3, -0.25) is 0 Å². The maximum absolute atomic E-state index is 9.90. The third-order valence-corrected chi connectivity index (χ3v) is 1.78. The Labute approximate surface area is 121 Å². The Balaban J connectivity index is -0.000000300. The molecule has 0 aromatic heterocycles. The number of aliphatic hydroxyl groups excluding tert-OH is 7. The predicted octanol–water partition coefficient (Wildman–Crippen LogP) is -3.93. The van der Waals surface area contributed by atoms with Gasteiger partial charge in [-0.2, -0.15) is 0 Å². The lowest BCUT2D eigenvalue weighted by Crippen LogP contribution is -2.46. The average Bonchev–Trinajstić information content (AvgIpc) is 2.45. The number of carbonyl (C=O) groups excluding carboxylic acids is 1. The molecule has 0 aliphatic heterocycles. The van der Waals surface area contributed by atoms with Gasteiger partial charge in [0.15, 0.2) is 6.29 Å². The van der Waals surface area contributed by atoms with Gasteiger partial charge in [-0.05, 0) is 13.8 Å². The molecule has 0 radical (unpaired) electrons. The minimum Gasteiger partial charge on any atom is -0.479 e. The van der Waals surface area contributed by atoms with Crippen molar-refractivity contribution in [3.8, 4) is 0 Å². The average molecular weight is 316 g/mol. The summed E-state index contributed by atoms with van der Waals surface area (Å²) in [7, 11) is 0. The monoisotopic (exact) mass is 316 g/mol. The van der Waals surface area contributed by atoms with Crippen LogP contribution in [-0.4, -0.2) is 96.8 Å². The second kappa shape index (κ2) is 15.3. The normalized spacial score (nSPS) is 16.8. The summed E-state index contributed by atoms with van der Waals surface area (Å²) >= 11 is 0. The van der Waals surface area contributed by atoms with Gasteiger partial charge in [0.25, 0.3) is 0 Å². The fourth-order valence-corrected chi connectivity index (χ4v) is 0.618. The highest BCUT2D eigenvalue weighted by Gasteiger charge is 2.29. The van der Waals surface area contributed by atoms with E-state index in [4.69, 9.17) is 40.9 Å². The van der Waals surface area contributed by atoms with E-state index in [2.05, 4.69) is 0 Å². The van der Waals surface area contributed by atoms with Crippen LogP contribution in [0.15, 0.2) is 0 Å². The van der Waals surface area contributed by atoms with Gasteiger partial charge in [-0.1, -0.05) is 0 Å². The van der Waals surface area contributed by atoms with E-state index in [0.717, 1.165) is 0 Å². The van der Waals surface area contributed by atoms with Crippen molar-refractivity contribution in [1.29, 1.82) is 0 Å². The minimum atomic E-state index is -1.79. The number of aliphatic carboxylic acids is 1. The summed E-state index contributed by atoms with van der Waals surface area (Å²) in [5.41, 5.74) is 0. The van der Waals surface area contributed by atoms with Crippen molar-refractivity contribution in [3.05, 3.63) is 0 Å². The summed E-state index contributed by atoms with van der Waals surface area (Å²) < 4.78 is 0. The highest BCUT2D eigenvalue weighted by atomic mass is 16.4. The molecule has 128 valence electrons. The first kappa shape index (κ1) is 24.9. The molecule has 0 aliphatic carbocycles. The molecule has 0 bridgehead atoms. The molecule has 5 atom stereocenters. The first-order valence-electron chi connectivity index (χ1n) is 5.90. The number of hydrogen-bond donors (Lipinski definition) is 8. The topological polar surface area (TPSA) is 196 Å². The van der Waals surface area contributed by atoms with Crippen LogP contribution in [0.25, 0.3) is 0 Å². The molecule has 1 unspecified atom stereocenters. The van der Waals surface area contributed by atoms with Gasteiger partial charge >= 0.3 is 5.97 Å². The summed E-state index contributed by atoms with van der Waals surface area (Å²) in [6, 6.07) is 0. The summed E-state index contributed by atoms with van der Waals surface area (Å²) in [4.78, 5) is 19.3. The van der Waals surface area contributed by atoms with Crippen LogP contribution in [0.3, 0.4) is 0 Å². The molecule has 0 aromatic carbocycles. The van der Waals surface area contributed by atoms with E-state index < -0.39 is 43.1 Å². The van der Waals surface area contributed by atoms with E-state index in [0.29, 0.717) is 0 Å². The Hall–Kier alpha value is -1.14. The maximum atomic E-state index is 9.90. The van der Waals surface area contributed by atoms with Crippen molar-refractivity contribution in [2.45, 2.75) is 44.4 Å². The van der Waals surface area contributed by atoms with Crippen LogP contribution in [0.5, 0.6) is 0 Å². The fourth-order valence-electron chi connectivity index (χ4n) is 0.618. The van der Waals surface area contributed by atoms with E-state index in [-0.39, 0.29) is 12.9 Å². The van der Waals surface area contributed by atoms with Crippen LogP contribution in [0.4, 0.5) is 0 Å². The molecule has 0 fully saturated rings. The van der Waals surface area contributed by atoms with Gasteiger partial charge < -0.3 is 45.6 Å². The molecule has 10 heteroatoms. The van der Waals surface area contributed by atoms with E-state index in [9.17, 15) is 9.59 Å². The summed E-state index contributed by atoms with van der Waals surface area (Å²) in [5, 5.41) is 66.9. The van der Waals surface area contributed by atoms with Gasteiger partial charge in [0.1, 0.15) is 30.5 Å². The van der Waals surface area contributed by atoms with Gasteiger partial charge in [0, 0.05) is 6.61 Å². The quantitative estimate of drug-likeness (QED) is 0.224. The Morgan fingerprint density at radius 1 is 1.05 bits per heavy atom. The first-order chi connectivity index (χ1) is 9.60. The van der Waals surface area contributed by atoms with Crippen LogP contribution in [-0.2, 0) is 9.59 Å². The number of aldehydes is 1. The van der Waals surface area contributed by atoms with Gasteiger partial charge in [-0.25, -0.2) is 4.79 Å². The zero-order chi connectivity index (χ0) is 17.6. The van der Waals surface area contributed by atoms with E-state index in [1.165, 1.54) is 6.92 Å². The van der Waals surface area contributed by atoms with Crippen molar-refractivity contribution >= 4 is 12.3 Å². The molecular formula is C11H24O10. The Kier molecular flexibility index (Phi) is 18.0. The number of aliphatic hydroxyl groups is 7. The maximum Gasteiger partial charge on any atom is 0.332 e. The van der Waals surface area contributed by atoms with Crippen LogP contribution < -0.4 is 0 Å². The lowest BCUT2D eigenvalue weighted by atomic mass is 10.0. The largest absolute Gasteiger partial charge is 0.479 e. The third-order valence-electron chi connectivity index (χ3n) is 1.78. The van der Waals surface area contributed by atoms with Crippen LogP contribution >= 0.6 is 0 Å². The van der Waals surface area contributed by atoms with Crippen molar-refractivity contribution < 1.29 is 50.4 Å². The molecule has 0 saturated heterocycles. The summed E-state index contributed by atoms with van der Waals surface area (Å²) in [6.07, 6.45) is -8.07. The molecule has 0 aromatic rings. The smallest absolute Gasteiger partial charge is 0.332 e. The third kappa shape index (κ3) is 15.1. The van der Waals surface area contributed by atoms with E-state index in [1.807, 2.05) is 0 Å². The Bertz CT molecular complexity index is 257. The SMILES string of the molecule is CC(O)C(=O)O.CCO.O=C[C@H](O)[C@@H](O)[C@H](O)[C@H](O)CO. The molecule has 0 heterocycles. The minimum absolute atomic E-state index is 0.0258. The van der Waals surface area contributed by atoms with Gasteiger partial charge in [-0.15, -0.1) is 0 Å². The molecule has 0 amide bonds. The molecule has 0 spiro atoms. The van der Waals surface area contributed by atoms with Crippen molar-refractivity contribution in [1.82, 2.24) is 0 Å². The van der Waals surface area contributed by atoms with E-state index >= 15 is 0 Å². The lowest BCUT2D eigenvalue weighted by molar-refractivity contribution is -0.145.